The molecule has 0 aliphatic heterocycles. The predicted octanol–water partition coefficient (Wildman–Crippen LogP) is 1.28. The zero-order chi connectivity index (χ0) is 13.5. The van der Waals surface area contributed by atoms with Gasteiger partial charge in [0.2, 0.25) is 0 Å². The van der Waals surface area contributed by atoms with E-state index in [2.05, 4.69) is 14.2 Å². The number of non-ortho nitro benzene ring substituents is 1. The van der Waals surface area contributed by atoms with E-state index in [4.69, 9.17) is 0 Å². The van der Waals surface area contributed by atoms with Gasteiger partial charge in [-0.2, -0.15) is 0 Å². The van der Waals surface area contributed by atoms with Crippen molar-refractivity contribution < 1.29 is 28.7 Å². The SMILES string of the molecule is COC(=O)COC(=O)Oc1ccc([N+](=O)[O-])cc1. The van der Waals surface area contributed by atoms with E-state index >= 15 is 0 Å². The van der Waals surface area contributed by atoms with E-state index in [0.29, 0.717) is 0 Å². The van der Waals surface area contributed by atoms with Crippen LogP contribution in [0.15, 0.2) is 24.3 Å². The van der Waals surface area contributed by atoms with Crippen molar-refractivity contribution in [3.05, 3.63) is 34.4 Å². The molecule has 0 aromatic heterocycles. The van der Waals surface area contributed by atoms with Crippen LogP contribution in [0.4, 0.5) is 10.5 Å². The number of nitrogens with zero attached hydrogens (tertiary/aromatic N) is 1. The first-order chi connectivity index (χ1) is 8.52. The van der Waals surface area contributed by atoms with Crippen molar-refractivity contribution in [2.45, 2.75) is 0 Å². The Labute approximate surface area is 101 Å². The average molecular weight is 255 g/mol. The average Bonchev–Trinajstić information content (AvgIpc) is 2.36. The molecule has 0 bridgehead atoms. The van der Waals surface area contributed by atoms with Crippen LogP contribution in [0.25, 0.3) is 0 Å². The van der Waals surface area contributed by atoms with Crippen molar-refractivity contribution in [1.29, 1.82) is 0 Å². The molecule has 0 atom stereocenters. The highest BCUT2D eigenvalue weighted by molar-refractivity contribution is 5.74. The molecule has 0 aliphatic rings. The topological polar surface area (TPSA) is 105 Å². The predicted molar refractivity (Wildman–Crippen MR) is 57.1 cm³/mol. The third kappa shape index (κ3) is 4.08. The van der Waals surface area contributed by atoms with Gasteiger partial charge in [-0.1, -0.05) is 0 Å². The van der Waals surface area contributed by atoms with Gasteiger partial charge in [0.05, 0.1) is 12.0 Å². The molecular formula is C10H9NO7. The van der Waals surface area contributed by atoms with Gasteiger partial charge in [-0.25, -0.2) is 9.59 Å². The van der Waals surface area contributed by atoms with Crippen molar-refractivity contribution in [2.75, 3.05) is 13.7 Å². The minimum absolute atomic E-state index is 0.0652. The largest absolute Gasteiger partial charge is 0.514 e. The third-order valence-electron chi connectivity index (χ3n) is 1.78. The summed E-state index contributed by atoms with van der Waals surface area (Å²) in [5.74, 6) is -0.661. The van der Waals surface area contributed by atoms with Crippen molar-refractivity contribution >= 4 is 17.8 Å². The molecule has 0 radical (unpaired) electrons. The summed E-state index contributed by atoms with van der Waals surface area (Å²) < 4.78 is 13.3. The monoisotopic (exact) mass is 255 g/mol. The molecule has 0 heterocycles. The van der Waals surface area contributed by atoms with Gasteiger partial charge < -0.3 is 14.2 Å². The summed E-state index contributed by atoms with van der Waals surface area (Å²) in [4.78, 5) is 31.5. The number of carbonyl (C=O) groups excluding carboxylic acids is 2. The molecule has 1 aromatic rings. The van der Waals surface area contributed by atoms with Crippen molar-refractivity contribution in [3.63, 3.8) is 0 Å². The number of methoxy groups -OCH3 is 1. The highest BCUT2D eigenvalue weighted by Gasteiger charge is 2.11. The Balaban J connectivity index is 2.49. The summed E-state index contributed by atoms with van der Waals surface area (Å²) in [6.45, 7) is -0.567. The Morgan fingerprint density at radius 1 is 1.28 bits per heavy atom. The Morgan fingerprint density at radius 2 is 1.89 bits per heavy atom. The fourth-order valence-electron chi connectivity index (χ4n) is 0.938. The normalized spacial score (nSPS) is 9.39. The number of esters is 1. The molecule has 0 spiro atoms. The van der Waals surface area contributed by atoms with Crippen molar-refractivity contribution in [3.8, 4) is 5.75 Å². The summed E-state index contributed by atoms with van der Waals surface area (Å²) in [5.41, 5.74) is -0.134. The van der Waals surface area contributed by atoms with Crippen LogP contribution in [-0.2, 0) is 14.3 Å². The van der Waals surface area contributed by atoms with Gasteiger partial charge in [0.1, 0.15) is 5.75 Å². The summed E-state index contributed by atoms with van der Waals surface area (Å²) >= 11 is 0. The lowest BCUT2D eigenvalue weighted by Crippen LogP contribution is -2.17. The maximum absolute atomic E-state index is 11.1. The number of benzene rings is 1. The number of hydrogen-bond acceptors (Lipinski definition) is 7. The molecule has 8 nitrogen and oxygen atoms in total. The molecule has 1 rings (SSSR count). The van der Waals surface area contributed by atoms with Gasteiger partial charge in [0.25, 0.3) is 5.69 Å². The number of hydrogen-bond donors (Lipinski definition) is 0. The minimum atomic E-state index is -1.10. The van der Waals surface area contributed by atoms with Crippen LogP contribution in [0.1, 0.15) is 0 Å². The zero-order valence-electron chi connectivity index (χ0n) is 9.32. The van der Waals surface area contributed by atoms with E-state index in [1.807, 2.05) is 0 Å². The lowest BCUT2D eigenvalue weighted by atomic mass is 10.3. The Morgan fingerprint density at radius 3 is 2.39 bits per heavy atom. The summed E-state index contributed by atoms with van der Waals surface area (Å²) in [6, 6.07) is 4.81. The molecule has 0 unspecified atom stereocenters. The molecule has 0 saturated carbocycles. The molecule has 0 saturated heterocycles. The quantitative estimate of drug-likeness (QED) is 0.345. The van der Waals surface area contributed by atoms with Crippen LogP contribution < -0.4 is 4.74 Å². The molecule has 18 heavy (non-hydrogen) atoms. The molecular weight excluding hydrogens is 246 g/mol. The third-order valence-corrected chi connectivity index (χ3v) is 1.78. The Kier molecular flexibility index (Phi) is 4.61. The number of carbonyl (C=O) groups is 2. The van der Waals surface area contributed by atoms with Crippen LogP contribution in [0.3, 0.4) is 0 Å². The Bertz CT molecular complexity index is 454. The molecule has 0 N–H and O–H groups in total. The van der Waals surface area contributed by atoms with E-state index in [1.54, 1.807) is 0 Å². The second-order valence-electron chi connectivity index (χ2n) is 2.97. The van der Waals surface area contributed by atoms with Gasteiger partial charge in [0, 0.05) is 12.1 Å². The molecule has 0 aliphatic carbocycles. The van der Waals surface area contributed by atoms with Crippen LogP contribution >= 0.6 is 0 Å². The molecule has 96 valence electrons. The maximum atomic E-state index is 11.1. The standard InChI is InChI=1S/C10H9NO7/c1-16-9(12)6-17-10(13)18-8-4-2-7(3-5-8)11(14)15/h2-5H,6H2,1H3. The number of nitro groups is 1. The Hall–Kier alpha value is -2.64. The molecule has 8 heteroatoms. The van der Waals surface area contributed by atoms with Gasteiger partial charge in [0.15, 0.2) is 6.61 Å². The van der Waals surface area contributed by atoms with E-state index < -0.39 is 23.7 Å². The maximum Gasteiger partial charge on any atom is 0.514 e. The van der Waals surface area contributed by atoms with Gasteiger partial charge >= 0.3 is 12.1 Å². The van der Waals surface area contributed by atoms with E-state index in [0.717, 1.165) is 7.11 Å². The number of rotatable bonds is 4. The van der Waals surface area contributed by atoms with Gasteiger partial charge in [-0.3, -0.25) is 10.1 Å². The van der Waals surface area contributed by atoms with E-state index in [1.165, 1.54) is 24.3 Å². The van der Waals surface area contributed by atoms with Gasteiger partial charge in [-0.05, 0) is 12.1 Å². The van der Waals surface area contributed by atoms with Crippen LogP contribution in [-0.4, -0.2) is 30.8 Å². The van der Waals surface area contributed by atoms with Crippen molar-refractivity contribution in [1.82, 2.24) is 0 Å². The van der Waals surface area contributed by atoms with Crippen molar-refractivity contribution in [2.24, 2.45) is 0 Å². The summed E-state index contributed by atoms with van der Waals surface area (Å²) in [6.07, 6.45) is -1.10. The highest BCUT2D eigenvalue weighted by atomic mass is 16.7. The van der Waals surface area contributed by atoms with E-state index in [-0.39, 0.29) is 11.4 Å². The van der Waals surface area contributed by atoms with Crippen LogP contribution in [0.5, 0.6) is 5.75 Å². The summed E-state index contributed by atoms with van der Waals surface area (Å²) in [5, 5.41) is 10.4. The molecule has 0 amide bonds. The first kappa shape index (κ1) is 13.4. The number of nitro benzene ring substituents is 1. The van der Waals surface area contributed by atoms with Crippen LogP contribution in [0, 0.1) is 10.1 Å². The zero-order valence-corrected chi connectivity index (χ0v) is 9.32. The van der Waals surface area contributed by atoms with Crippen LogP contribution in [0.2, 0.25) is 0 Å². The first-order valence-electron chi connectivity index (χ1n) is 4.69. The highest BCUT2D eigenvalue weighted by Crippen LogP contribution is 2.17. The lowest BCUT2D eigenvalue weighted by molar-refractivity contribution is -0.384. The minimum Gasteiger partial charge on any atom is -0.466 e. The first-order valence-corrected chi connectivity index (χ1v) is 4.69. The second kappa shape index (κ2) is 6.18. The van der Waals surface area contributed by atoms with E-state index in [9.17, 15) is 19.7 Å². The number of ether oxygens (including phenoxy) is 3. The molecule has 1 aromatic carbocycles. The second-order valence-corrected chi connectivity index (χ2v) is 2.97. The fourth-order valence-corrected chi connectivity index (χ4v) is 0.938. The smallest absolute Gasteiger partial charge is 0.466 e. The lowest BCUT2D eigenvalue weighted by Gasteiger charge is -2.04. The fraction of sp³-hybridized carbons (Fsp3) is 0.200. The summed E-state index contributed by atoms with van der Waals surface area (Å²) in [7, 11) is 1.15. The van der Waals surface area contributed by atoms with Gasteiger partial charge in [-0.15, -0.1) is 0 Å². The molecule has 0 fully saturated rings.